The molecule has 0 aliphatic carbocycles. The van der Waals surface area contributed by atoms with Gasteiger partial charge in [-0.25, -0.2) is 8.42 Å². The number of rotatable bonds is 7. The molecule has 7 nitrogen and oxygen atoms in total. The van der Waals surface area contributed by atoms with Crippen LogP contribution in [0.5, 0.6) is 11.5 Å². The molecule has 0 radical (unpaired) electrons. The van der Waals surface area contributed by atoms with Crippen LogP contribution in [0.15, 0.2) is 48.5 Å². The number of carbonyl (C=O) groups excluding carboxylic acids is 1. The molecule has 0 unspecified atom stereocenters. The molecule has 0 spiro atoms. The lowest BCUT2D eigenvalue weighted by molar-refractivity contribution is -0.114. The van der Waals surface area contributed by atoms with Crippen LogP contribution >= 0.6 is 0 Å². The van der Waals surface area contributed by atoms with Gasteiger partial charge in [-0.05, 0) is 24.3 Å². The van der Waals surface area contributed by atoms with Gasteiger partial charge in [0.1, 0.15) is 6.54 Å². The SMILES string of the molecule is COc1ccc(N(CC(=O)Nc2ccccc2)S(C)(=O)=O)cc1OC. The predicted molar refractivity (Wildman–Crippen MR) is 96.8 cm³/mol. The summed E-state index contributed by atoms with van der Waals surface area (Å²) in [4.78, 5) is 12.2. The molecule has 134 valence electrons. The van der Waals surface area contributed by atoms with Crippen molar-refractivity contribution in [3.8, 4) is 11.5 Å². The van der Waals surface area contributed by atoms with E-state index < -0.39 is 15.9 Å². The van der Waals surface area contributed by atoms with E-state index in [0.29, 0.717) is 22.9 Å². The van der Waals surface area contributed by atoms with E-state index in [4.69, 9.17) is 9.47 Å². The van der Waals surface area contributed by atoms with Crippen molar-refractivity contribution in [2.75, 3.05) is 36.6 Å². The van der Waals surface area contributed by atoms with Crippen LogP contribution in [0.25, 0.3) is 0 Å². The van der Waals surface area contributed by atoms with Gasteiger partial charge in [-0.2, -0.15) is 0 Å². The quantitative estimate of drug-likeness (QED) is 0.813. The van der Waals surface area contributed by atoms with Crippen LogP contribution in [-0.2, 0) is 14.8 Å². The molecule has 25 heavy (non-hydrogen) atoms. The van der Waals surface area contributed by atoms with Gasteiger partial charge >= 0.3 is 0 Å². The normalized spacial score (nSPS) is 10.8. The Bertz CT molecular complexity index is 837. The van der Waals surface area contributed by atoms with Gasteiger partial charge in [0, 0.05) is 11.8 Å². The third-order valence-electron chi connectivity index (χ3n) is 3.40. The van der Waals surface area contributed by atoms with E-state index in [0.717, 1.165) is 10.6 Å². The summed E-state index contributed by atoms with van der Waals surface area (Å²) < 4.78 is 35.6. The number of amides is 1. The molecule has 2 aromatic rings. The summed E-state index contributed by atoms with van der Waals surface area (Å²) in [5.74, 6) is 0.386. The van der Waals surface area contributed by atoms with Crippen LogP contribution in [-0.4, -0.2) is 41.3 Å². The van der Waals surface area contributed by atoms with E-state index in [-0.39, 0.29) is 6.54 Å². The number of nitrogens with one attached hydrogen (secondary N) is 1. The second-order valence-corrected chi connectivity index (χ2v) is 7.13. The molecule has 1 N–H and O–H groups in total. The number of benzene rings is 2. The van der Waals surface area contributed by atoms with Crippen LogP contribution in [0.4, 0.5) is 11.4 Å². The van der Waals surface area contributed by atoms with E-state index >= 15 is 0 Å². The molecule has 8 heteroatoms. The maximum absolute atomic E-state index is 12.2. The number of methoxy groups -OCH3 is 2. The Kier molecular flexibility index (Phi) is 5.87. The summed E-state index contributed by atoms with van der Waals surface area (Å²) in [6, 6.07) is 13.5. The topological polar surface area (TPSA) is 84.9 Å². The minimum Gasteiger partial charge on any atom is -0.493 e. The van der Waals surface area contributed by atoms with Gasteiger partial charge in [0.05, 0.1) is 26.2 Å². The van der Waals surface area contributed by atoms with E-state index in [1.165, 1.54) is 20.3 Å². The van der Waals surface area contributed by atoms with Crippen molar-refractivity contribution < 1.29 is 22.7 Å². The van der Waals surface area contributed by atoms with Crippen molar-refractivity contribution in [1.82, 2.24) is 0 Å². The highest BCUT2D eigenvalue weighted by molar-refractivity contribution is 7.92. The van der Waals surface area contributed by atoms with Crippen molar-refractivity contribution in [3.05, 3.63) is 48.5 Å². The average Bonchev–Trinajstić information content (AvgIpc) is 2.59. The lowest BCUT2D eigenvalue weighted by atomic mass is 10.2. The van der Waals surface area contributed by atoms with Crippen LogP contribution in [0.3, 0.4) is 0 Å². The Balaban J connectivity index is 2.27. The zero-order valence-corrected chi connectivity index (χ0v) is 15.0. The fourth-order valence-electron chi connectivity index (χ4n) is 2.23. The second kappa shape index (κ2) is 7.89. The standard InChI is InChI=1S/C17H20N2O5S/c1-23-15-10-9-14(11-16(15)24-2)19(25(3,21)22)12-17(20)18-13-7-5-4-6-8-13/h4-11H,12H2,1-3H3,(H,18,20). The molecule has 0 saturated carbocycles. The molecule has 0 fully saturated rings. The number of sulfonamides is 1. The third kappa shape index (κ3) is 4.87. The lowest BCUT2D eigenvalue weighted by Crippen LogP contribution is -2.37. The smallest absolute Gasteiger partial charge is 0.245 e. The number of hydrogen-bond donors (Lipinski definition) is 1. The largest absolute Gasteiger partial charge is 0.493 e. The van der Waals surface area contributed by atoms with Crippen molar-refractivity contribution in [1.29, 1.82) is 0 Å². The number of para-hydroxylation sites is 1. The number of hydrogen-bond acceptors (Lipinski definition) is 5. The highest BCUT2D eigenvalue weighted by Gasteiger charge is 2.22. The second-order valence-electron chi connectivity index (χ2n) is 5.22. The molecule has 0 bridgehead atoms. The summed E-state index contributed by atoms with van der Waals surface area (Å²) >= 11 is 0. The molecule has 0 aliphatic heterocycles. The Hall–Kier alpha value is -2.74. The van der Waals surface area contributed by atoms with Crippen LogP contribution < -0.4 is 19.1 Å². The molecule has 1 amide bonds. The minimum absolute atomic E-state index is 0.309. The van der Waals surface area contributed by atoms with E-state index in [2.05, 4.69) is 5.32 Å². The van der Waals surface area contributed by atoms with Gasteiger partial charge < -0.3 is 14.8 Å². The Labute approximate surface area is 147 Å². The summed E-state index contributed by atoms with van der Waals surface area (Å²) in [5, 5.41) is 2.66. The first kappa shape index (κ1) is 18.6. The van der Waals surface area contributed by atoms with E-state index in [1.54, 1.807) is 36.4 Å². The van der Waals surface area contributed by atoms with Crippen LogP contribution in [0.1, 0.15) is 0 Å². The van der Waals surface area contributed by atoms with Gasteiger partial charge in [0.2, 0.25) is 15.9 Å². The van der Waals surface area contributed by atoms with Crippen molar-refractivity contribution in [3.63, 3.8) is 0 Å². The van der Waals surface area contributed by atoms with Crippen molar-refractivity contribution in [2.45, 2.75) is 0 Å². The number of nitrogens with zero attached hydrogens (tertiary/aromatic N) is 1. The Morgan fingerprint density at radius 1 is 1.04 bits per heavy atom. The monoisotopic (exact) mass is 364 g/mol. The maximum Gasteiger partial charge on any atom is 0.245 e. The summed E-state index contributed by atoms with van der Waals surface area (Å²) in [7, 11) is -0.736. The highest BCUT2D eigenvalue weighted by Crippen LogP contribution is 2.32. The van der Waals surface area contributed by atoms with E-state index in [1.807, 2.05) is 6.07 Å². The predicted octanol–water partition coefficient (Wildman–Crippen LogP) is 2.11. The lowest BCUT2D eigenvalue weighted by Gasteiger charge is -2.23. The zero-order valence-electron chi connectivity index (χ0n) is 14.2. The molecular formula is C17H20N2O5S. The van der Waals surface area contributed by atoms with Gasteiger partial charge in [0.15, 0.2) is 11.5 Å². The van der Waals surface area contributed by atoms with Crippen LogP contribution in [0.2, 0.25) is 0 Å². The first-order valence-corrected chi connectivity index (χ1v) is 9.24. The summed E-state index contributed by atoms with van der Waals surface area (Å²) in [6.07, 6.45) is 1.04. The van der Waals surface area contributed by atoms with E-state index in [9.17, 15) is 13.2 Å². The molecule has 2 aromatic carbocycles. The number of carbonyl (C=O) groups is 1. The van der Waals surface area contributed by atoms with Gasteiger partial charge in [-0.3, -0.25) is 9.10 Å². The fraction of sp³-hybridized carbons (Fsp3) is 0.235. The molecule has 0 heterocycles. The first-order chi connectivity index (χ1) is 11.8. The van der Waals surface area contributed by atoms with Gasteiger partial charge in [-0.15, -0.1) is 0 Å². The first-order valence-electron chi connectivity index (χ1n) is 7.40. The molecule has 0 atom stereocenters. The third-order valence-corrected chi connectivity index (χ3v) is 4.54. The maximum atomic E-state index is 12.2. The molecular weight excluding hydrogens is 344 g/mol. The van der Waals surface area contributed by atoms with Crippen LogP contribution in [0, 0.1) is 0 Å². The minimum atomic E-state index is -3.67. The summed E-state index contributed by atoms with van der Waals surface area (Å²) in [6.45, 7) is -0.358. The number of anilines is 2. The van der Waals surface area contributed by atoms with Crippen molar-refractivity contribution in [2.24, 2.45) is 0 Å². The molecule has 0 aliphatic rings. The number of ether oxygens (including phenoxy) is 2. The Morgan fingerprint density at radius 2 is 1.68 bits per heavy atom. The molecule has 0 aromatic heterocycles. The average molecular weight is 364 g/mol. The molecule has 2 rings (SSSR count). The fourth-order valence-corrected chi connectivity index (χ4v) is 3.08. The summed E-state index contributed by atoms with van der Waals surface area (Å²) in [5.41, 5.74) is 0.900. The Morgan fingerprint density at radius 3 is 2.24 bits per heavy atom. The molecule has 0 saturated heterocycles. The zero-order chi connectivity index (χ0) is 18.4. The van der Waals surface area contributed by atoms with Gasteiger partial charge in [0.25, 0.3) is 0 Å². The van der Waals surface area contributed by atoms with Crippen molar-refractivity contribution >= 4 is 27.3 Å². The highest BCUT2D eigenvalue weighted by atomic mass is 32.2. The van der Waals surface area contributed by atoms with Gasteiger partial charge in [-0.1, -0.05) is 18.2 Å².